The number of benzene rings is 1. The molecule has 3 aromatic rings. The van der Waals surface area contributed by atoms with E-state index < -0.39 is 11.1 Å². The van der Waals surface area contributed by atoms with E-state index in [1.54, 1.807) is 0 Å². The van der Waals surface area contributed by atoms with Crippen LogP contribution in [0, 0.1) is 0 Å². The predicted octanol–water partition coefficient (Wildman–Crippen LogP) is 4.99. The molecule has 0 amide bonds. The summed E-state index contributed by atoms with van der Waals surface area (Å²) in [6.45, 7) is 8.28. The Labute approximate surface area is 154 Å². The summed E-state index contributed by atoms with van der Waals surface area (Å²) < 4.78 is 0. The number of rotatable bonds is 2. The average molecular weight is 345 g/mol. The maximum atomic E-state index is 11.1. The van der Waals surface area contributed by atoms with Crippen molar-refractivity contribution in [1.82, 2.24) is 15.0 Å². The molecule has 4 nitrogen and oxygen atoms in total. The normalized spacial score (nSPS) is 17.9. The van der Waals surface area contributed by atoms with E-state index in [0.29, 0.717) is 0 Å². The maximum Gasteiger partial charge on any atom is 0.0672 e. The van der Waals surface area contributed by atoms with Crippen LogP contribution in [0.2, 0.25) is 0 Å². The SMILES string of the molecule is CC1(C)c2c(-c3ccncc3)ccc(-c3ccncc3)c2C(C)(C)N1O. The fraction of sp³-hybridized carbons (Fsp3) is 0.273. The molecule has 4 rings (SSSR count). The first-order valence-electron chi connectivity index (χ1n) is 8.83. The van der Waals surface area contributed by atoms with Gasteiger partial charge in [-0.25, -0.2) is 0 Å². The highest BCUT2D eigenvalue weighted by atomic mass is 16.5. The molecule has 1 aliphatic heterocycles. The second-order valence-electron chi connectivity index (χ2n) is 7.81. The number of pyridine rings is 2. The van der Waals surface area contributed by atoms with E-state index in [0.717, 1.165) is 33.4 Å². The molecule has 0 spiro atoms. The summed E-state index contributed by atoms with van der Waals surface area (Å²) in [5.41, 5.74) is 5.77. The summed E-state index contributed by atoms with van der Waals surface area (Å²) in [6.07, 6.45) is 7.23. The Bertz CT molecular complexity index is 871. The van der Waals surface area contributed by atoms with Crippen LogP contribution in [0.25, 0.3) is 22.3 Å². The summed E-state index contributed by atoms with van der Waals surface area (Å²) >= 11 is 0. The lowest BCUT2D eigenvalue weighted by Crippen LogP contribution is -2.42. The van der Waals surface area contributed by atoms with Gasteiger partial charge in [0.2, 0.25) is 0 Å². The van der Waals surface area contributed by atoms with Gasteiger partial charge in [0, 0.05) is 24.8 Å². The number of fused-ring (bicyclic) bond motifs is 1. The Morgan fingerprint density at radius 3 is 1.35 bits per heavy atom. The highest BCUT2D eigenvalue weighted by Crippen LogP contribution is 2.54. The van der Waals surface area contributed by atoms with Gasteiger partial charge in [-0.15, -0.1) is 0 Å². The molecule has 0 fully saturated rings. The monoisotopic (exact) mass is 345 g/mol. The topological polar surface area (TPSA) is 49.2 Å². The third-order valence-corrected chi connectivity index (χ3v) is 5.47. The Hall–Kier alpha value is -2.56. The van der Waals surface area contributed by atoms with Gasteiger partial charge < -0.3 is 5.21 Å². The quantitative estimate of drug-likeness (QED) is 0.711. The third kappa shape index (κ3) is 2.30. The molecule has 1 N–H and O–H groups in total. The maximum absolute atomic E-state index is 11.1. The summed E-state index contributed by atoms with van der Waals surface area (Å²) in [7, 11) is 0. The fourth-order valence-corrected chi connectivity index (χ4v) is 4.33. The van der Waals surface area contributed by atoms with Gasteiger partial charge in [0.05, 0.1) is 11.1 Å². The summed E-state index contributed by atoms with van der Waals surface area (Å²) in [5, 5.41) is 12.5. The molecule has 0 saturated carbocycles. The van der Waals surface area contributed by atoms with Gasteiger partial charge in [-0.05, 0) is 85.3 Å². The van der Waals surface area contributed by atoms with E-state index in [-0.39, 0.29) is 0 Å². The van der Waals surface area contributed by atoms with Crippen LogP contribution in [-0.4, -0.2) is 20.2 Å². The first-order valence-corrected chi connectivity index (χ1v) is 8.83. The Kier molecular flexibility index (Phi) is 3.72. The fourth-order valence-electron chi connectivity index (χ4n) is 4.33. The van der Waals surface area contributed by atoms with Crippen molar-refractivity contribution in [2.24, 2.45) is 0 Å². The Balaban J connectivity index is 2.09. The molecule has 0 bridgehead atoms. The highest BCUT2D eigenvalue weighted by molar-refractivity contribution is 5.80. The molecule has 0 aliphatic carbocycles. The first-order chi connectivity index (χ1) is 12.3. The van der Waals surface area contributed by atoms with Crippen LogP contribution in [0.15, 0.2) is 61.2 Å². The zero-order chi connectivity index (χ0) is 18.5. The van der Waals surface area contributed by atoms with Crippen LogP contribution >= 0.6 is 0 Å². The van der Waals surface area contributed by atoms with E-state index in [9.17, 15) is 5.21 Å². The van der Waals surface area contributed by atoms with E-state index in [2.05, 4.69) is 49.8 Å². The smallest absolute Gasteiger partial charge is 0.0672 e. The number of hydrogen-bond acceptors (Lipinski definition) is 4. The van der Waals surface area contributed by atoms with Gasteiger partial charge in [0.1, 0.15) is 0 Å². The molecule has 0 saturated heterocycles. The number of nitrogens with zero attached hydrogens (tertiary/aromatic N) is 3. The van der Waals surface area contributed by atoms with Crippen LogP contribution < -0.4 is 0 Å². The van der Waals surface area contributed by atoms with Gasteiger partial charge in [-0.2, -0.15) is 5.06 Å². The lowest BCUT2D eigenvalue weighted by atomic mass is 9.80. The largest absolute Gasteiger partial charge is 0.312 e. The minimum atomic E-state index is -0.513. The van der Waals surface area contributed by atoms with Crippen LogP contribution in [0.1, 0.15) is 38.8 Å². The summed E-state index contributed by atoms with van der Waals surface area (Å²) in [5.74, 6) is 0. The number of hydroxylamine groups is 2. The van der Waals surface area contributed by atoms with Crippen LogP contribution in [-0.2, 0) is 11.1 Å². The van der Waals surface area contributed by atoms with E-state index in [1.165, 1.54) is 5.06 Å². The van der Waals surface area contributed by atoms with Crippen LogP contribution in [0.4, 0.5) is 0 Å². The minimum absolute atomic E-state index is 0.513. The van der Waals surface area contributed by atoms with Crippen molar-refractivity contribution in [2.45, 2.75) is 38.8 Å². The Morgan fingerprint density at radius 2 is 1.00 bits per heavy atom. The molecular weight excluding hydrogens is 322 g/mol. The van der Waals surface area contributed by atoms with Gasteiger partial charge in [-0.1, -0.05) is 12.1 Å². The summed E-state index contributed by atoms with van der Waals surface area (Å²) in [6, 6.07) is 12.4. The molecule has 3 heterocycles. The van der Waals surface area contributed by atoms with Gasteiger partial charge in [0.15, 0.2) is 0 Å². The van der Waals surface area contributed by atoms with Crippen molar-refractivity contribution in [1.29, 1.82) is 0 Å². The zero-order valence-corrected chi connectivity index (χ0v) is 15.6. The van der Waals surface area contributed by atoms with Gasteiger partial charge >= 0.3 is 0 Å². The summed E-state index contributed by atoms with van der Waals surface area (Å²) in [4.78, 5) is 8.29. The molecule has 2 aromatic heterocycles. The second kappa shape index (κ2) is 5.73. The first kappa shape index (κ1) is 16.9. The van der Waals surface area contributed by atoms with E-state index >= 15 is 0 Å². The molecule has 1 aliphatic rings. The van der Waals surface area contributed by atoms with Crippen molar-refractivity contribution in [3.8, 4) is 22.3 Å². The highest BCUT2D eigenvalue weighted by Gasteiger charge is 2.51. The standard InChI is InChI=1S/C22H23N3O/c1-21(2)19-17(15-7-11-23-12-8-15)5-6-18(16-9-13-24-14-10-16)20(19)22(3,4)25(21)26/h5-14,26H,1-4H3. The van der Waals surface area contributed by atoms with Gasteiger partial charge in [-0.3, -0.25) is 9.97 Å². The molecular formula is C22H23N3O. The molecule has 26 heavy (non-hydrogen) atoms. The molecule has 0 unspecified atom stereocenters. The number of aromatic nitrogens is 2. The molecule has 4 heteroatoms. The Morgan fingerprint density at radius 1 is 0.654 bits per heavy atom. The van der Waals surface area contributed by atoms with Crippen molar-refractivity contribution < 1.29 is 5.21 Å². The molecule has 132 valence electrons. The minimum Gasteiger partial charge on any atom is -0.312 e. The molecule has 0 radical (unpaired) electrons. The lowest BCUT2D eigenvalue weighted by Gasteiger charge is -2.35. The van der Waals surface area contributed by atoms with Crippen molar-refractivity contribution in [3.63, 3.8) is 0 Å². The second-order valence-corrected chi connectivity index (χ2v) is 7.81. The number of hydrogen-bond donors (Lipinski definition) is 1. The lowest BCUT2D eigenvalue weighted by molar-refractivity contribution is -0.216. The van der Waals surface area contributed by atoms with Crippen molar-refractivity contribution >= 4 is 0 Å². The van der Waals surface area contributed by atoms with E-state index in [4.69, 9.17) is 0 Å². The van der Waals surface area contributed by atoms with Gasteiger partial charge in [0.25, 0.3) is 0 Å². The zero-order valence-electron chi connectivity index (χ0n) is 15.6. The third-order valence-electron chi connectivity index (χ3n) is 5.47. The average Bonchev–Trinajstić information content (AvgIpc) is 2.81. The van der Waals surface area contributed by atoms with Crippen molar-refractivity contribution in [2.75, 3.05) is 0 Å². The van der Waals surface area contributed by atoms with Crippen LogP contribution in [0.3, 0.4) is 0 Å². The van der Waals surface area contributed by atoms with Crippen molar-refractivity contribution in [3.05, 3.63) is 72.3 Å². The predicted molar refractivity (Wildman–Crippen MR) is 103 cm³/mol. The molecule has 1 aromatic carbocycles. The van der Waals surface area contributed by atoms with E-state index in [1.807, 2.05) is 49.1 Å². The molecule has 0 atom stereocenters. The van der Waals surface area contributed by atoms with Crippen LogP contribution in [0.5, 0.6) is 0 Å².